The second-order valence-corrected chi connectivity index (χ2v) is 6.69. The summed E-state index contributed by atoms with van der Waals surface area (Å²) >= 11 is 0. The second kappa shape index (κ2) is 10.5. The van der Waals surface area contributed by atoms with Crippen LogP contribution in [0.2, 0.25) is 0 Å². The van der Waals surface area contributed by atoms with Crippen LogP contribution in [-0.4, -0.2) is 34.0 Å². The number of methoxy groups -OCH3 is 1. The van der Waals surface area contributed by atoms with Crippen LogP contribution in [0.5, 0.6) is 17.2 Å². The van der Waals surface area contributed by atoms with E-state index in [1.165, 1.54) is 43.7 Å². The highest BCUT2D eigenvalue weighted by Crippen LogP contribution is 2.38. The van der Waals surface area contributed by atoms with Gasteiger partial charge in [0.25, 0.3) is 17.3 Å². The SMILES string of the molecule is COc1ccc(/C=N\NC(=O)c2cccc([N+](=O)[O-])c2)cc1Oc1ccc([N+](=O)[O-])cc1[N+](=O)[O-]. The quantitative estimate of drug-likeness (QED) is 0.268. The van der Waals surface area contributed by atoms with E-state index in [9.17, 15) is 35.1 Å². The number of carbonyl (C=O) groups excluding carboxylic acids is 1. The minimum Gasteiger partial charge on any atom is -0.493 e. The van der Waals surface area contributed by atoms with Gasteiger partial charge in [0.1, 0.15) is 0 Å². The van der Waals surface area contributed by atoms with Gasteiger partial charge in [-0.25, -0.2) is 5.43 Å². The summed E-state index contributed by atoms with van der Waals surface area (Å²) in [6, 6.07) is 12.5. The lowest BCUT2D eigenvalue weighted by atomic mass is 10.2. The lowest BCUT2D eigenvalue weighted by Gasteiger charge is -2.11. The zero-order valence-corrected chi connectivity index (χ0v) is 17.8. The zero-order chi connectivity index (χ0) is 25.5. The van der Waals surface area contributed by atoms with Crippen LogP contribution in [-0.2, 0) is 0 Å². The molecule has 0 aliphatic rings. The van der Waals surface area contributed by atoms with Crippen LogP contribution in [0.15, 0.2) is 65.8 Å². The van der Waals surface area contributed by atoms with E-state index in [1.807, 2.05) is 0 Å². The Morgan fingerprint density at radius 3 is 2.20 bits per heavy atom. The minimum absolute atomic E-state index is 0.0283. The second-order valence-electron chi connectivity index (χ2n) is 6.69. The van der Waals surface area contributed by atoms with Crippen molar-refractivity contribution in [1.82, 2.24) is 5.43 Å². The fraction of sp³-hybridized carbons (Fsp3) is 0.0476. The van der Waals surface area contributed by atoms with Gasteiger partial charge in [-0.1, -0.05) is 6.07 Å². The Kier molecular flexibility index (Phi) is 7.26. The fourth-order valence-corrected chi connectivity index (χ4v) is 2.81. The molecule has 0 spiro atoms. The average molecular weight is 481 g/mol. The Morgan fingerprint density at radius 2 is 1.54 bits per heavy atom. The Labute approximate surface area is 195 Å². The Morgan fingerprint density at radius 1 is 0.857 bits per heavy atom. The van der Waals surface area contributed by atoms with Crippen molar-refractivity contribution >= 4 is 29.2 Å². The van der Waals surface area contributed by atoms with Crippen molar-refractivity contribution in [3.8, 4) is 17.2 Å². The van der Waals surface area contributed by atoms with Crippen molar-refractivity contribution in [2.75, 3.05) is 7.11 Å². The molecule has 1 N–H and O–H groups in total. The average Bonchev–Trinajstić information content (AvgIpc) is 2.84. The number of rotatable bonds is 9. The van der Waals surface area contributed by atoms with Crippen molar-refractivity contribution in [2.24, 2.45) is 5.10 Å². The number of amides is 1. The number of nitro benzene ring substituents is 3. The maximum Gasteiger partial charge on any atom is 0.318 e. The smallest absolute Gasteiger partial charge is 0.318 e. The monoisotopic (exact) mass is 481 g/mol. The Hall–Kier alpha value is -5.40. The predicted octanol–water partition coefficient (Wildman–Crippen LogP) is 3.98. The highest BCUT2D eigenvalue weighted by atomic mass is 16.6. The van der Waals surface area contributed by atoms with E-state index in [0.29, 0.717) is 5.56 Å². The number of hydrogen-bond donors (Lipinski definition) is 1. The first kappa shape index (κ1) is 24.2. The molecule has 1 amide bonds. The number of hydrogen-bond acceptors (Lipinski definition) is 10. The summed E-state index contributed by atoms with van der Waals surface area (Å²) in [5.74, 6) is -0.697. The normalized spacial score (nSPS) is 10.5. The van der Waals surface area contributed by atoms with E-state index in [-0.39, 0.29) is 28.5 Å². The first-order chi connectivity index (χ1) is 16.7. The molecular formula is C21H15N5O9. The highest BCUT2D eigenvalue weighted by Gasteiger charge is 2.22. The molecule has 0 aliphatic carbocycles. The summed E-state index contributed by atoms with van der Waals surface area (Å²) in [5, 5.41) is 36.9. The third-order valence-corrected chi connectivity index (χ3v) is 4.46. The van der Waals surface area contributed by atoms with Crippen molar-refractivity contribution in [3.63, 3.8) is 0 Å². The molecule has 0 bridgehead atoms. The van der Waals surface area contributed by atoms with Crippen molar-refractivity contribution in [1.29, 1.82) is 0 Å². The number of carbonyl (C=O) groups is 1. The number of non-ortho nitro benzene ring substituents is 2. The molecule has 0 atom stereocenters. The number of nitrogens with one attached hydrogen (secondary N) is 1. The maximum absolute atomic E-state index is 12.2. The largest absolute Gasteiger partial charge is 0.493 e. The molecule has 0 saturated heterocycles. The number of hydrazone groups is 1. The van der Waals surface area contributed by atoms with Crippen molar-refractivity contribution in [2.45, 2.75) is 0 Å². The van der Waals surface area contributed by atoms with Crippen LogP contribution in [0, 0.1) is 30.3 Å². The van der Waals surface area contributed by atoms with Gasteiger partial charge in [-0.15, -0.1) is 0 Å². The maximum atomic E-state index is 12.2. The third kappa shape index (κ3) is 5.89. The molecule has 0 unspecified atom stereocenters. The van der Waals surface area contributed by atoms with Gasteiger partial charge < -0.3 is 9.47 Å². The topological polar surface area (TPSA) is 189 Å². The molecule has 178 valence electrons. The van der Waals surface area contributed by atoms with Gasteiger partial charge in [0.15, 0.2) is 11.5 Å². The molecule has 35 heavy (non-hydrogen) atoms. The number of nitrogens with zero attached hydrogens (tertiary/aromatic N) is 4. The lowest BCUT2D eigenvalue weighted by molar-refractivity contribution is -0.394. The third-order valence-electron chi connectivity index (χ3n) is 4.46. The van der Waals surface area contributed by atoms with E-state index in [1.54, 1.807) is 6.07 Å². The highest BCUT2D eigenvalue weighted by molar-refractivity contribution is 5.95. The predicted molar refractivity (Wildman–Crippen MR) is 121 cm³/mol. The van der Waals surface area contributed by atoms with Crippen LogP contribution in [0.4, 0.5) is 17.1 Å². The molecule has 0 aromatic heterocycles. The van der Waals surface area contributed by atoms with Gasteiger partial charge in [0.05, 0.1) is 34.2 Å². The van der Waals surface area contributed by atoms with Gasteiger partial charge >= 0.3 is 5.69 Å². The number of ether oxygens (including phenoxy) is 2. The van der Waals surface area contributed by atoms with Crippen LogP contribution >= 0.6 is 0 Å². The number of nitro groups is 3. The summed E-state index contributed by atoms with van der Waals surface area (Å²) in [7, 11) is 1.35. The standard InChI is InChI=1S/C21H15N5O9/c1-34-19-7-5-13(12-22-23-21(27)14-3-2-4-15(10-14)24(28)29)9-20(19)35-18-8-6-16(25(30)31)11-17(18)26(32)33/h2-12H,1H3,(H,23,27)/b22-12-. The van der Waals surface area contributed by atoms with E-state index >= 15 is 0 Å². The molecule has 0 heterocycles. The van der Waals surface area contributed by atoms with Crippen molar-refractivity contribution < 1.29 is 29.0 Å². The van der Waals surface area contributed by atoms with Crippen LogP contribution in [0.3, 0.4) is 0 Å². The van der Waals surface area contributed by atoms with E-state index in [2.05, 4.69) is 10.5 Å². The van der Waals surface area contributed by atoms with Gasteiger partial charge in [0, 0.05) is 23.8 Å². The molecule has 14 nitrogen and oxygen atoms in total. The zero-order valence-electron chi connectivity index (χ0n) is 17.8. The Bertz CT molecular complexity index is 1360. The summed E-state index contributed by atoms with van der Waals surface area (Å²) < 4.78 is 10.8. The summed E-state index contributed by atoms with van der Waals surface area (Å²) in [4.78, 5) is 43.1. The molecule has 0 radical (unpaired) electrons. The van der Waals surface area contributed by atoms with Gasteiger partial charge in [-0.2, -0.15) is 5.10 Å². The van der Waals surface area contributed by atoms with Gasteiger partial charge in [-0.05, 0) is 35.9 Å². The molecule has 0 aliphatic heterocycles. The van der Waals surface area contributed by atoms with Crippen LogP contribution in [0.25, 0.3) is 0 Å². The van der Waals surface area contributed by atoms with Crippen LogP contribution in [0.1, 0.15) is 15.9 Å². The molecule has 3 aromatic carbocycles. The van der Waals surface area contributed by atoms with Gasteiger partial charge in [0.2, 0.25) is 5.75 Å². The van der Waals surface area contributed by atoms with Crippen LogP contribution < -0.4 is 14.9 Å². The Balaban J connectivity index is 1.82. The minimum atomic E-state index is -0.816. The van der Waals surface area contributed by atoms with E-state index in [0.717, 1.165) is 24.3 Å². The molecule has 0 saturated carbocycles. The molecule has 0 fully saturated rings. The van der Waals surface area contributed by atoms with Crippen molar-refractivity contribution in [3.05, 3.63) is 102 Å². The summed E-state index contributed by atoms with van der Waals surface area (Å²) in [5.41, 5.74) is 1.31. The summed E-state index contributed by atoms with van der Waals surface area (Å²) in [6.45, 7) is 0. The molecule has 3 rings (SSSR count). The van der Waals surface area contributed by atoms with Gasteiger partial charge in [-0.3, -0.25) is 35.1 Å². The first-order valence-corrected chi connectivity index (χ1v) is 9.56. The number of benzene rings is 3. The fourth-order valence-electron chi connectivity index (χ4n) is 2.81. The lowest BCUT2D eigenvalue weighted by Crippen LogP contribution is -2.17. The summed E-state index contributed by atoms with van der Waals surface area (Å²) in [6.07, 6.45) is 1.24. The molecule has 3 aromatic rings. The first-order valence-electron chi connectivity index (χ1n) is 9.56. The molecular weight excluding hydrogens is 466 g/mol. The van der Waals surface area contributed by atoms with E-state index in [4.69, 9.17) is 9.47 Å². The molecule has 14 heteroatoms. The van der Waals surface area contributed by atoms with E-state index < -0.39 is 32.1 Å².